The van der Waals surface area contributed by atoms with Gasteiger partial charge in [0.2, 0.25) is 0 Å². The molecule has 0 unspecified atom stereocenters. The molecule has 22 heavy (non-hydrogen) atoms. The van der Waals surface area contributed by atoms with Crippen LogP contribution in [0, 0.1) is 18.3 Å². The van der Waals surface area contributed by atoms with Crippen LogP contribution in [0.3, 0.4) is 0 Å². The lowest BCUT2D eigenvalue weighted by Crippen LogP contribution is -1.82. The van der Waals surface area contributed by atoms with Gasteiger partial charge in [-0.1, -0.05) is 24.3 Å². The van der Waals surface area contributed by atoms with E-state index >= 15 is 0 Å². The van der Waals surface area contributed by atoms with Crippen molar-refractivity contribution in [1.82, 2.24) is 4.98 Å². The molecule has 0 N–H and O–H groups in total. The minimum absolute atomic E-state index is 0.749. The number of aromatic nitrogens is 1. The van der Waals surface area contributed by atoms with Crippen LogP contribution < -0.4 is 0 Å². The van der Waals surface area contributed by atoms with E-state index < -0.39 is 0 Å². The van der Waals surface area contributed by atoms with Gasteiger partial charge in [0.05, 0.1) is 17.3 Å². The SMILES string of the molecule is Cc1cc2c(cc1C#N)sc1c(-c3ccccn3)cccc12. The highest BCUT2D eigenvalue weighted by Crippen LogP contribution is 2.40. The molecule has 0 saturated carbocycles. The molecule has 0 atom stereocenters. The summed E-state index contributed by atoms with van der Waals surface area (Å²) in [5.41, 5.74) is 3.91. The molecule has 104 valence electrons. The number of benzene rings is 2. The molecule has 4 rings (SSSR count). The first kappa shape index (κ1) is 13.0. The van der Waals surface area contributed by atoms with Gasteiger partial charge in [0, 0.05) is 31.9 Å². The zero-order valence-electron chi connectivity index (χ0n) is 12.0. The predicted octanol–water partition coefficient (Wildman–Crippen LogP) is 5.30. The molecule has 2 heterocycles. The van der Waals surface area contributed by atoms with Crippen molar-refractivity contribution >= 4 is 31.5 Å². The van der Waals surface area contributed by atoms with E-state index in [1.165, 1.54) is 15.5 Å². The molecule has 0 aliphatic rings. The molecular formula is C19H12N2S. The number of fused-ring (bicyclic) bond motifs is 3. The third-order valence-electron chi connectivity index (χ3n) is 3.91. The molecule has 2 aromatic carbocycles. The van der Waals surface area contributed by atoms with Gasteiger partial charge in [-0.05, 0) is 36.8 Å². The van der Waals surface area contributed by atoms with E-state index in [-0.39, 0.29) is 0 Å². The highest BCUT2D eigenvalue weighted by Gasteiger charge is 2.12. The van der Waals surface area contributed by atoms with Crippen LogP contribution in [0.15, 0.2) is 54.7 Å². The third-order valence-corrected chi connectivity index (χ3v) is 5.11. The van der Waals surface area contributed by atoms with E-state index in [2.05, 4.69) is 35.3 Å². The van der Waals surface area contributed by atoms with Crippen molar-refractivity contribution in [2.75, 3.05) is 0 Å². The van der Waals surface area contributed by atoms with E-state index in [0.717, 1.165) is 27.1 Å². The second kappa shape index (κ2) is 4.94. The molecule has 0 spiro atoms. The van der Waals surface area contributed by atoms with Gasteiger partial charge >= 0.3 is 0 Å². The van der Waals surface area contributed by atoms with E-state index in [4.69, 9.17) is 0 Å². The first-order valence-electron chi connectivity index (χ1n) is 7.05. The fourth-order valence-corrected chi connectivity index (χ4v) is 4.04. The standard InChI is InChI=1S/C19H12N2S/c1-12-9-16-14-5-4-6-15(17-7-2-3-8-21-17)19(14)22-18(16)10-13(12)11-20/h2-10H,1H3. The maximum Gasteiger partial charge on any atom is 0.0994 e. The Morgan fingerprint density at radius 2 is 1.95 bits per heavy atom. The summed E-state index contributed by atoms with van der Waals surface area (Å²) in [5.74, 6) is 0. The smallest absolute Gasteiger partial charge is 0.0994 e. The quantitative estimate of drug-likeness (QED) is 0.478. The van der Waals surface area contributed by atoms with Crippen molar-refractivity contribution in [3.63, 3.8) is 0 Å². The number of aryl methyl sites for hydroxylation is 1. The van der Waals surface area contributed by atoms with Crippen molar-refractivity contribution in [2.24, 2.45) is 0 Å². The summed E-state index contributed by atoms with van der Waals surface area (Å²) in [5, 5.41) is 11.7. The van der Waals surface area contributed by atoms with Gasteiger partial charge in [0.15, 0.2) is 0 Å². The molecule has 0 bridgehead atoms. The minimum Gasteiger partial charge on any atom is -0.256 e. The van der Waals surface area contributed by atoms with E-state index in [1.807, 2.05) is 37.4 Å². The van der Waals surface area contributed by atoms with Gasteiger partial charge in [-0.25, -0.2) is 0 Å². The van der Waals surface area contributed by atoms with Crippen molar-refractivity contribution in [3.05, 3.63) is 65.9 Å². The Kier molecular flexibility index (Phi) is 2.92. The third kappa shape index (κ3) is 1.89. The van der Waals surface area contributed by atoms with Crippen LogP contribution in [0.2, 0.25) is 0 Å². The molecule has 0 saturated heterocycles. The molecule has 0 aliphatic carbocycles. The predicted molar refractivity (Wildman–Crippen MR) is 92.0 cm³/mol. The van der Waals surface area contributed by atoms with Gasteiger partial charge in [-0.3, -0.25) is 4.98 Å². The van der Waals surface area contributed by atoms with Crippen molar-refractivity contribution in [2.45, 2.75) is 6.92 Å². The highest BCUT2D eigenvalue weighted by molar-refractivity contribution is 7.26. The molecule has 0 radical (unpaired) electrons. The zero-order chi connectivity index (χ0) is 15.1. The summed E-state index contributed by atoms with van der Waals surface area (Å²) in [6.45, 7) is 1.99. The Bertz CT molecular complexity index is 1040. The molecule has 0 amide bonds. The molecule has 2 aromatic heterocycles. The van der Waals surface area contributed by atoms with Gasteiger partial charge in [-0.15, -0.1) is 11.3 Å². The van der Waals surface area contributed by atoms with Gasteiger partial charge in [0.25, 0.3) is 0 Å². The maximum atomic E-state index is 9.23. The number of thiophene rings is 1. The lowest BCUT2D eigenvalue weighted by atomic mass is 10.0. The summed E-state index contributed by atoms with van der Waals surface area (Å²) in [6, 6.07) is 18.7. The van der Waals surface area contributed by atoms with Gasteiger partial charge in [-0.2, -0.15) is 5.26 Å². The van der Waals surface area contributed by atoms with Crippen molar-refractivity contribution < 1.29 is 0 Å². The number of rotatable bonds is 1. The average Bonchev–Trinajstić information content (AvgIpc) is 2.92. The molecule has 2 nitrogen and oxygen atoms in total. The van der Waals surface area contributed by atoms with Crippen LogP contribution in [-0.4, -0.2) is 4.98 Å². The summed E-state index contributed by atoms with van der Waals surface area (Å²) in [6.07, 6.45) is 1.82. The van der Waals surface area contributed by atoms with Crippen LogP contribution in [0.1, 0.15) is 11.1 Å². The molecule has 3 heteroatoms. The largest absolute Gasteiger partial charge is 0.256 e. The lowest BCUT2D eigenvalue weighted by molar-refractivity contribution is 1.33. The second-order valence-electron chi connectivity index (χ2n) is 5.27. The number of hydrogen-bond donors (Lipinski definition) is 0. The second-order valence-corrected chi connectivity index (χ2v) is 6.33. The lowest BCUT2D eigenvalue weighted by Gasteiger charge is -2.02. The highest BCUT2D eigenvalue weighted by atomic mass is 32.1. The Morgan fingerprint density at radius 1 is 1.05 bits per heavy atom. The first-order valence-corrected chi connectivity index (χ1v) is 7.87. The van der Waals surface area contributed by atoms with E-state index in [1.54, 1.807) is 11.3 Å². The van der Waals surface area contributed by atoms with Crippen LogP contribution in [0.5, 0.6) is 0 Å². The fourth-order valence-electron chi connectivity index (χ4n) is 2.80. The van der Waals surface area contributed by atoms with Crippen LogP contribution in [0.25, 0.3) is 31.4 Å². The number of hydrogen-bond acceptors (Lipinski definition) is 3. The van der Waals surface area contributed by atoms with E-state index in [9.17, 15) is 5.26 Å². The van der Waals surface area contributed by atoms with E-state index in [0.29, 0.717) is 0 Å². The molecular weight excluding hydrogens is 288 g/mol. The normalized spacial score (nSPS) is 10.9. The number of nitrogens with zero attached hydrogens (tertiary/aromatic N) is 2. The molecule has 0 fully saturated rings. The molecule has 0 aliphatic heterocycles. The van der Waals surface area contributed by atoms with Crippen LogP contribution in [0.4, 0.5) is 0 Å². The summed E-state index contributed by atoms with van der Waals surface area (Å²) in [4.78, 5) is 4.47. The minimum atomic E-state index is 0.749. The monoisotopic (exact) mass is 300 g/mol. The number of pyridine rings is 1. The van der Waals surface area contributed by atoms with Crippen molar-refractivity contribution in [3.8, 4) is 17.3 Å². The van der Waals surface area contributed by atoms with Crippen LogP contribution in [-0.2, 0) is 0 Å². The topological polar surface area (TPSA) is 36.7 Å². The van der Waals surface area contributed by atoms with Gasteiger partial charge < -0.3 is 0 Å². The number of nitriles is 1. The van der Waals surface area contributed by atoms with Crippen LogP contribution >= 0.6 is 11.3 Å². The Labute approximate surface area is 132 Å². The first-order chi connectivity index (χ1) is 10.8. The Morgan fingerprint density at radius 3 is 2.73 bits per heavy atom. The summed E-state index contributed by atoms with van der Waals surface area (Å²) in [7, 11) is 0. The van der Waals surface area contributed by atoms with Gasteiger partial charge in [0.1, 0.15) is 0 Å². The average molecular weight is 300 g/mol. The maximum absolute atomic E-state index is 9.23. The zero-order valence-corrected chi connectivity index (χ0v) is 12.8. The molecule has 4 aromatic rings. The Hall–Kier alpha value is -2.70. The Balaban J connectivity index is 2.10. The fraction of sp³-hybridized carbons (Fsp3) is 0.0526. The summed E-state index contributed by atoms with van der Waals surface area (Å²) < 4.78 is 2.38. The summed E-state index contributed by atoms with van der Waals surface area (Å²) >= 11 is 1.73. The van der Waals surface area contributed by atoms with Crippen molar-refractivity contribution in [1.29, 1.82) is 5.26 Å².